The Bertz CT molecular complexity index is 1690. The van der Waals surface area contributed by atoms with Gasteiger partial charge in [0, 0.05) is 30.4 Å². The Labute approximate surface area is 220 Å². The molecule has 1 fully saturated rings. The van der Waals surface area contributed by atoms with Crippen molar-refractivity contribution in [1.29, 1.82) is 0 Å². The number of likely N-dealkylation sites (tertiary alicyclic amines) is 1. The predicted octanol–water partition coefficient (Wildman–Crippen LogP) is 3.67. The molecule has 5 rings (SSSR count). The van der Waals surface area contributed by atoms with Crippen LogP contribution in [0, 0.1) is 0 Å². The number of amidine groups is 1. The number of anilines is 2. The van der Waals surface area contributed by atoms with Gasteiger partial charge in [0.1, 0.15) is 11.5 Å². The fraction of sp³-hybridized carbons (Fsp3) is 0.250. The molecule has 11 nitrogen and oxygen atoms in total. The van der Waals surface area contributed by atoms with Crippen molar-refractivity contribution in [3.8, 4) is 5.69 Å². The Balaban J connectivity index is 1.46. The number of sulfonamides is 1. The Kier molecular flexibility index (Phi) is 6.54. The molecule has 0 unspecified atom stereocenters. The Hall–Kier alpha value is -4.40. The van der Waals surface area contributed by atoms with E-state index >= 15 is 0 Å². The Morgan fingerprint density at radius 3 is 2.44 bits per heavy atom. The zero-order valence-corrected chi connectivity index (χ0v) is 21.3. The van der Waals surface area contributed by atoms with Crippen molar-refractivity contribution in [2.24, 2.45) is 4.40 Å². The van der Waals surface area contributed by atoms with Crippen molar-refractivity contribution in [1.82, 2.24) is 19.8 Å². The number of nitrogens with zero attached hydrogens (tertiary/aromatic N) is 5. The van der Waals surface area contributed by atoms with E-state index in [1.54, 1.807) is 12.1 Å². The van der Waals surface area contributed by atoms with Gasteiger partial charge in [0.15, 0.2) is 17.1 Å². The van der Waals surface area contributed by atoms with Crippen LogP contribution in [-0.2, 0) is 16.2 Å². The molecule has 0 atom stereocenters. The number of nitrogens with one attached hydrogen (secondary N) is 1. The van der Waals surface area contributed by atoms with E-state index in [1.807, 2.05) is 4.90 Å². The van der Waals surface area contributed by atoms with E-state index < -0.39 is 27.8 Å². The third-order valence-electron chi connectivity index (χ3n) is 6.02. The summed E-state index contributed by atoms with van der Waals surface area (Å²) in [5.74, 6) is -0.522. The van der Waals surface area contributed by atoms with Crippen LogP contribution in [0.2, 0.25) is 0 Å². The minimum Gasteiger partial charge on any atom is -0.380 e. The Morgan fingerprint density at radius 2 is 1.79 bits per heavy atom. The summed E-state index contributed by atoms with van der Waals surface area (Å²) in [5, 5.41) is 10.1. The van der Waals surface area contributed by atoms with Crippen LogP contribution in [0.3, 0.4) is 0 Å². The molecule has 204 valence electrons. The van der Waals surface area contributed by atoms with Crippen molar-refractivity contribution in [2.45, 2.75) is 19.0 Å². The number of nitrogens with two attached hydrogens (primary N) is 1. The second-order valence-corrected chi connectivity index (χ2v) is 10.6. The molecule has 0 aliphatic carbocycles. The van der Waals surface area contributed by atoms with Gasteiger partial charge in [0.25, 0.3) is 15.9 Å². The monoisotopic (exact) mass is 561 g/mol. The number of amides is 1. The number of carbonyl (C=O) groups is 1. The molecule has 1 amide bonds. The number of rotatable bonds is 5. The molecule has 0 saturated carbocycles. The normalized spacial score (nSPS) is 14.8. The van der Waals surface area contributed by atoms with Gasteiger partial charge in [-0.25, -0.2) is 13.1 Å². The molecule has 2 aromatic carbocycles. The first-order valence-corrected chi connectivity index (χ1v) is 13.5. The van der Waals surface area contributed by atoms with Gasteiger partial charge in [-0.2, -0.15) is 18.3 Å². The summed E-state index contributed by atoms with van der Waals surface area (Å²) in [6.07, 6.45) is -1.99. The zero-order valence-electron chi connectivity index (χ0n) is 20.4. The molecule has 1 aliphatic rings. The molecule has 4 aromatic rings. The lowest BCUT2D eigenvalue weighted by atomic mass is 10.1. The number of benzene rings is 2. The van der Waals surface area contributed by atoms with Crippen LogP contribution in [0.1, 0.15) is 34.6 Å². The van der Waals surface area contributed by atoms with Crippen molar-refractivity contribution in [3.63, 3.8) is 0 Å². The summed E-state index contributed by atoms with van der Waals surface area (Å²) in [6, 6.07) is 11.1. The molecule has 1 aliphatic heterocycles. The molecule has 0 bridgehead atoms. The first-order valence-electron chi connectivity index (χ1n) is 11.7. The number of aromatic nitrogens is 3. The highest BCUT2D eigenvalue weighted by atomic mass is 32.2. The minimum atomic E-state index is -4.80. The van der Waals surface area contributed by atoms with Crippen molar-refractivity contribution >= 4 is 44.2 Å². The quantitative estimate of drug-likeness (QED) is 0.277. The summed E-state index contributed by atoms with van der Waals surface area (Å²) >= 11 is 0. The fourth-order valence-corrected chi connectivity index (χ4v) is 4.77. The number of hydrogen-bond donors (Lipinski definition) is 2. The summed E-state index contributed by atoms with van der Waals surface area (Å²) in [7, 11) is -3.67. The second kappa shape index (κ2) is 9.72. The number of halogens is 3. The third-order valence-corrected chi connectivity index (χ3v) is 6.52. The van der Waals surface area contributed by atoms with Crippen LogP contribution in [0.15, 0.2) is 57.5 Å². The summed E-state index contributed by atoms with van der Waals surface area (Å²) in [6.45, 7) is 1.31. The standard InChI is InChI=1S/C24H22F3N7O4S/c1-39(36,37)32-22(33-10-2-3-11-33)14-4-6-15(7-5-14)29-23(35)18-13-20(24(25,26)27)30-34(18)16-8-9-19-17(12-16)21(28)31-38-19/h4-9,12-13H,2-3,10-11H2,1H3,(H2,28,31)(H,29,35)/b32-22+. The van der Waals surface area contributed by atoms with Gasteiger partial charge in [-0.3, -0.25) is 4.79 Å². The van der Waals surface area contributed by atoms with Crippen molar-refractivity contribution in [2.75, 3.05) is 30.4 Å². The number of hydrogen-bond acceptors (Lipinski definition) is 7. The summed E-state index contributed by atoms with van der Waals surface area (Å²) in [4.78, 5) is 15.0. The molecular formula is C24H22F3N7O4S. The molecule has 1 saturated heterocycles. The third kappa shape index (κ3) is 5.57. The average molecular weight is 562 g/mol. The minimum absolute atomic E-state index is 0.0360. The second-order valence-electron chi connectivity index (χ2n) is 8.95. The fourth-order valence-electron chi connectivity index (χ4n) is 4.23. The predicted molar refractivity (Wildman–Crippen MR) is 137 cm³/mol. The molecule has 2 aromatic heterocycles. The lowest BCUT2D eigenvalue weighted by molar-refractivity contribution is -0.141. The van der Waals surface area contributed by atoms with E-state index in [9.17, 15) is 26.4 Å². The van der Waals surface area contributed by atoms with Crippen LogP contribution >= 0.6 is 0 Å². The molecule has 0 radical (unpaired) electrons. The maximum absolute atomic E-state index is 13.5. The molecule has 3 N–H and O–H groups in total. The lowest BCUT2D eigenvalue weighted by Gasteiger charge is -2.20. The van der Waals surface area contributed by atoms with Gasteiger partial charge in [-0.15, -0.1) is 4.40 Å². The smallest absolute Gasteiger partial charge is 0.380 e. The highest BCUT2D eigenvalue weighted by Gasteiger charge is 2.36. The first kappa shape index (κ1) is 26.2. The van der Waals surface area contributed by atoms with Gasteiger partial charge in [-0.1, -0.05) is 5.16 Å². The van der Waals surface area contributed by atoms with Crippen LogP contribution < -0.4 is 11.1 Å². The van der Waals surface area contributed by atoms with Gasteiger partial charge in [0.2, 0.25) is 0 Å². The molecular weight excluding hydrogens is 539 g/mol. The van der Waals surface area contributed by atoms with Crippen LogP contribution in [0.5, 0.6) is 0 Å². The zero-order chi connectivity index (χ0) is 27.9. The van der Waals surface area contributed by atoms with E-state index in [2.05, 4.69) is 20.0 Å². The first-order chi connectivity index (χ1) is 18.4. The van der Waals surface area contributed by atoms with E-state index in [0.717, 1.165) is 23.8 Å². The largest absolute Gasteiger partial charge is 0.435 e. The number of fused-ring (bicyclic) bond motifs is 1. The van der Waals surface area contributed by atoms with Crippen LogP contribution in [-0.4, -0.2) is 59.3 Å². The van der Waals surface area contributed by atoms with Crippen molar-refractivity contribution in [3.05, 3.63) is 65.5 Å². The maximum atomic E-state index is 13.5. The van der Waals surface area contributed by atoms with Gasteiger partial charge in [-0.05, 0) is 55.3 Å². The molecule has 3 heterocycles. The molecule has 39 heavy (non-hydrogen) atoms. The highest BCUT2D eigenvalue weighted by Crippen LogP contribution is 2.31. The summed E-state index contributed by atoms with van der Waals surface area (Å²) in [5.41, 5.74) is 5.38. The van der Waals surface area contributed by atoms with E-state index in [-0.39, 0.29) is 22.9 Å². The maximum Gasteiger partial charge on any atom is 0.435 e. The Morgan fingerprint density at radius 1 is 1.10 bits per heavy atom. The number of carbonyl (C=O) groups excluding carboxylic acids is 1. The molecule has 0 spiro atoms. The van der Waals surface area contributed by atoms with E-state index in [1.165, 1.54) is 30.3 Å². The lowest BCUT2D eigenvalue weighted by Crippen LogP contribution is -2.29. The van der Waals surface area contributed by atoms with E-state index in [0.29, 0.717) is 41.5 Å². The van der Waals surface area contributed by atoms with Gasteiger partial charge >= 0.3 is 6.18 Å². The average Bonchev–Trinajstić information content (AvgIpc) is 3.63. The van der Waals surface area contributed by atoms with Gasteiger partial charge in [0.05, 0.1) is 17.3 Å². The summed E-state index contributed by atoms with van der Waals surface area (Å²) < 4.78 is 74.0. The van der Waals surface area contributed by atoms with Crippen LogP contribution in [0.25, 0.3) is 16.7 Å². The molecule has 15 heteroatoms. The SMILES string of the molecule is CS(=O)(=O)/N=C(\c1ccc(NC(=O)c2cc(C(F)(F)F)nn2-c2ccc3onc(N)c3c2)cc1)N1CCCC1. The van der Waals surface area contributed by atoms with Crippen molar-refractivity contribution < 1.29 is 30.9 Å². The highest BCUT2D eigenvalue weighted by molar-refractivity contribution is 7.89. The van der Waals surface area contributed by atoms with Gasteiger partial charge < -0.3 is 20.5 Å². The van der Waals surface area contributed by atoms with Crippen LogP contribution in [0.4, 0.5) is 24.7 Å². The topological polar surface area (TPSA) is 149 Å². The number of alkyl halides is 3. The van der Waals surface area contributed by atoms with E-state index in [4.69, 9.17) is 10.3 Å². The number of nitrogen functional groups attached to an aromatic ring is 1.